The first-order valence-electron chi connectivity index (χ1n) is 8.78. The van der Waals surface area contributed by atoms with Crippen molar-refractivity contribution in [2.45, 2.75) is 26.6 Å². The van der Waals surface area contributed by atoms with Gasteiger partial charge in [-0.05, 0) is 35.2 Å². The Morgan fingerprint density at radius 2 is 1.52 bits per heavy atom. The van der Waals surface area contributed by atoms with E-state index in [1.54, 1.807) is 5.19 Å². The van der Waals surface area contributed by atoms with E-state index in [0.717, 1.165) is 0 Å². The molecule has 4 aromatic rings. The Labute approximate surface area is 154 Å². The van der Waals surface area contributed by atoms with Crippen LogP contribution < -0.4 is 9.75 Å². The molecule has 0 fully saturated rings. The van der Waals surface area contributed by atoms with Crippen molar-refractivity contribution in [1.29, 1.82) is 0 Å². The maximum Gasteiger partial charge on any atom is 0.223 e. The molecule has 0 aliphatic rings. The third-order valence-corrected chi connectivity index (χ3v) is 8.41. The Bertz CT molecular complexity index is 1100. The number of fused-ring (bicyclic) bond motifs is 2. The van der Waals surface area contributed by atoms with E-state index in [4.69, 9.17) is 0 Å². The van der Waals surface area contributed by atoms with Crippen LogP contribution in [0.3, 0.4) is 0 Å². The van der Waals surface area contributed by atoms with Crippen LogP contribution in [-0.2, 0) is 7.05 Å². The predicted molar refractivity (Wildman–Crippen MR) is 114 cm³/mol. The number of aromatic nitrogens is 1. The quantitative estimate of drug-likeness (QED) is 0.332. The average molecular weight is 363 g/mol. The summed E-state index contributed by atoms with van der Waals surface area (Å²) < 4.78 is 3.74. The fourth-order valence-corrected chi connectivity index (χ4v) is 6.54. The fourth-order valence-electron chi connectivity index (χ4n) is 3.69. The van der Waals surface area contributed by atoms with Crippen molar-refractivity contribution in [1.82, 2.24) is 0 Å². The normalized spacial score (nSPS) is 12.2. The minimum atomic E-state index is -1.45. The second-order valence-corrected chi connectivity index (χ2v) is 13.9. The second kappa shape index (κ2) is 5.79. The van der Waals surface area contributed by atoms with Gasteiger partial charge in [-0.25, -0.2) is 0 Å². The fraction of sp³-hybridized carbons (Fsp3) is 0.227. The summed E-state index contributed by atoms with van der Waals surface area (Å²) in [6.07, 6.45) is 0. The Balaban J connectivity index is 2.11. The third kappa shape index (κ3) is 2.62. The van der Waals surface area contributed by atoms with Gasteiger partial charge in [0.1, 0.15) is 11.9 Å². The van der Waals surface area contributed by atoms with Gasteiger partial charge in [0.15, 0.2) is 0 Å². The number of hydrogen-bond donors (Lipinski definition) is 0. The summed E-state index contributed by atoms with van der Waals surface area (Å²) >= 11 is 1.91. The second-order valence-electron chi connectivity index (χ2n) is 7.82. The highest BCUT2D eigenvalue weighted by Gasteiger charge is 2.27. The van der Waals surface area contributed by atoms with Crippen LogP contribution in [0.15, 0.2) is 54.6 Å². The first-order valence-corrected chi connectivity index (χ1v) is 13.1. The number of benzene rings is 2. The SMILES string of the molecule is Cc1c(-c2cc([Si](C)(C)C)c3ccccc3[n+]2C)sc2ccccc12. The van der Waals surface area contributed by atoms with Crippen LogP contribution in [0.1, 0.15) is 5.56 Å². The van der Waals surface area contributed by atoms with Gasteiger partial charge in [-0.1, -0.05) is 50.0 Å². The largest absolute Gasteiger partial charge is 0.223 e. The number of hydrogen-bond acceptors (Lipinski definition) is 1. The lowest BCUT2D eigenvalue weighted by molar-refractivity contribution is -0.633. The van der Waals surface area contributed by atoms with Crippen LogP contribution in [0.5, 0.6) is 0 Å². The summed E-state index contributed by atoms with van der Waals surface area (Å²) in [6, 6.07) is 20.1. The Morgan fingerprint density at radius 1 is 0.880 bits per heavy atom. The lowest BCUT2D eigenvalue weighted by Crippen LogP contribution is -2.43. The molecule has 4 rings (SSSR count). The van der Waals surface area contributed by atoms with Gasteiger partial charge in [0.25, 0.3) is 0 Å². The van der Waals surface area contributed by atoms with Crippen molar-refractivity contribution < 1.29 is 4.57 Å². The predicted octanol–water partition coefficient (Wildman–Crippen LogP) is 5.40. The highest BCUT2D eigenvalue weighted by atomic mass is 32.1. The molecule has 0 spiro atoms. The van der Waals surface area contributed by atoms with Gasteiger partial charge in [0.2, 0.25) is 11.2 Å². The van der Waals surface area contributed by atoms with E-state index in [1.807, 2.05) is 11.3 Å². The summed E-state index contributed by atoms with van der Waals surface area (Å²) in [4.78, 5) is 1.40. The molecule has 0 amide bonds. The number of aryl methyl sites for hydroxylation is 2. The molecule has 0 atom stereocenters. The number of pyridine rings is 1. The molecule has 0 aliphatic heterocycles. The molecule has 2 aromatic carbocycles. The Kier molecular flexibility index (Phi) is 3.82. The summed E-state index contributed by atoms with van der Waals surface area (Å²) in [5.74, 6) is 0. The van der Waals surface area contributed by atoms with E-state index in [1.165, 1.54) is 37.1 Å². The van der Waals surface area contributed by atoms with Gasteiger partial charge in [-0.15, -0.1) is 11.3 Å². The summed E-state index contributed by atoms with van der Waals surface area (Å²) in [6.45, 7) is 9.58. The van der Waals surface area contributed by atoms with Gasteiger partial charge in [-0.2, -0.15) is 4.57 Å². The average Bonchev–Trinajstić information content (AvgIpc) is 2.91. The van der Waals surface area contributed by atoms with E-state index < -0.39 is 8.07 Å². The van der Waals surface area contributed by atoms with Crippen LogP contribution in [0.2, 0.25) is 19.6 Å². The Morgan fingerprint density at radius 3 is 2.20 bits per heavy atom. The monoisotopic (exact) mass is 362 g/mol. The maximum absolute atomic E-state index is 2.46. The molecule has 2 aromatic heterocycles. The van der Waals surface area contributed by atoms with E-state index in [0.29, 0.717) is 0 Å². The molecule has 2 heterocycles. The molecule has 0 N–H and O–H groups in total. The number of para-hydroxylation sites is 1. The molecule has 25 heavy (non-hydrogen) atoms. The van der Waals surface area contributed by atoms with Crippen molar-refractivity contribution >= 4 is 45.6 Å². The zero-order valence-corrected chi connectivity index (χ0v) is 17.4. The third-order valence-electron chi connectivity index (χ3n) is 5.08. The van der Waals surface area contributed by atoms with Gasteiger partial charge >= 0.3 is 0 Å². The first-order chi connectivity index (χ1) is 11.9. The van der Waals surface area contributed by atoms with Crippen LogP contribution in [0.25, 0.3) is 31.6 Å². The molecule has 0 unspecified atom stereocenters. The number of thiophene rings is 1. The molecule has 0 radical (unpaired) electrons. The van der Waals surface area contributed by atoms with Gasteiger partial charge in [0, 0.05) is 22.2 Å². The van der Waals surface area contributed by atoms with Crippen molar-refractivity contribution in [3.63, 3.8) is 0 Å². The zero-order valence-electron chi connectivity index (χ0n) is 15.6. The van der Waals surface area contributed by atoms with Crippen LogP contribution >= 0.6 is 11.3 Å². The molecular formula is C22H24NSSi+. The van der Waals surface area contributed by atoms with Gasteiger partial charge in [-0.3, -0.25) is 0 Å². The highest BCUT2D eigenvalue weighted by molar-refractivity contribution is 7.22. The lowest BCUT2D eigenvalue weighted by atomic mass is 10.1. The van der Waals surface area contributed by atoms with E-state index in [-0.39, 0.29) is 0 Å². The number of rotatable bonds is 2. The minimum Gasteiger partial charge on any atom is -0.193 e. The summed E-state index contributed by atoms with van der Waals surface area (Å²) in [7, 11) is 0.754. The highest BCUT2D eigenvalue weighted by Crippen LogP contribution is 2.37. The van der Waals surface area contributed by atoms with Crippen molar-refractivity contribution in [3.05, 3.63) is 60.2 Å². The van der Waals surface area contributed by atoms with Crippen LogP contribution in [0, 0.1) is 6.92 Å². The first kappa shape index (κ1) is 16.5. The minimum absolute atomic E-state index is 1.33. The summed E-state index contributed by atoms with van der Waals surface area (Å²) in [5, 5.41) is 4.34. The zero-order chi connectivity index (χ0) is 17.8. The Hall–Kier alpha value is -1.97. The van der Waals surface area contributed by atoms with Crippen molar-refractivity contribution in [3.8, 4) is 10.6 Å². The molecule has 0 saturated carbocycles. The maximum atomic E-state index is 2.46. The van der Waals surface area contributed by atoms with Crippen LogP contribution in [-0.4, -0.2) is 8.07 Å². The smallest absolute Gasteiger partial charge is 0.193 e. The van der Waals surface area contributed by atoms with Gasteiger partial charge in [0.05, 0.1) is 8.07 Å². The molecule has 3 heteroatoms. The van der Waals surface area contributed by atoms with Gasteiger partial charge < -0.3 is 0 Å². The van der Waals surface area contributed by atoms with E-state index in [2.05, 4.69) is 92.8 Å². The molecule has 0 saturated heterocycles. The lowest BCUT2D eigenvalue weighted by Gasteiger charge is -2.19. The van der Waals surface area contributed by atoms with Crippen LogP contribution in [0.4, 0.5) is 0 Å². The molecule has 126 valence electrons. The topological polar surface area (TPSA) is 3.88 Å². The molecule has 0 bridgehead atoms. The summed E-state index contributed by atoms with van der Waals surface area (Å²) in [5.41, 5.74) is 4.07. The van der Waals surface area contributed by atoms with E-state index >= 15 is 0 Å². The standard InChI is InChI=1S/C22H24NSSi/c1-15-16-10-7-9-13-20(16)24-22(15)19-14-21(25(3,4)5)17-11-6-8-12-18(17)23(19)2/h6-14H,1-5H3/q+1. The van der Waals surface area contributed by atoms with E-state index in [9.17, 15) is 0 Å². The number of nitrogens with zero attached hydrogens (tertiary/aromatic N) is 1. The molecule has 1 nitrogen and oxygen atoms in total. The van der Waals surface area contributed by atoms with Crippen molar-refractivity contribution in [2.24, 2.45) is 7.05 Å². The van der Waals surface area contributed by atoms with Crippen molar-refractivity contribution in [2.75, 3.05) is 0 Å². The molecular weight excluding hydrogens is 338 g/mol. The molecule has 0 aliphatic carbocycles.